The van der Waals surface area contributed by atoms with Gasteiger partial charge < -0.3 is 10.1 Å². The fourth-order valence-corrected chi connectivity index (χ4v) is 4.14. The summed E-state index contributed by atoms with van der Waals surface area (Å²) in [5, 5.41) is 21.5. The number of hydrogen-bond acceptors (Lipinski definition) is 3. The molecule has 4 nitrogen and oxygen atoms in total. The number of rotatable bonds is 1. The maximum Gasteiger partial charge on any atom is 0.115 e. The van der Waals surface area contributed by atoms with Gasteiger partial charge in [-0.15, -0.1) is 0 Å². The quantitative estimate of drug-likeness (QED) is 0.527. The van der Waals surface area contributed by atoms with E-state index in [-0.39, 0.29) is 11.7 Å². The molecule has 0 saturated heterocycles. The molecular weight excluding hydrogens is 322 g/mol. The number of phenols is 1. The Balaban J connectivity index is 1.86. The molecule has 126 valence electrons. The number of pyridine rings is 1. The number of aromatic amines is 1. The summed E-state index contributed by atoms with van der Waals surface area (Å²) in [5.41, 5.74) is 6.50. The highest BCUT2D eigenvalue weighted by Crippen LogP contribution is 2.39. The summed E-state index contributed by atoms with van der Waals surface area (Å²) >= 11 is 0. The average Bonchev–Trinajstić information content (AvgIpc) is 3.16. The minimum atomic E-state index is 0.0306. The monoisotopic (exact) mass is 339 g/mol. The number of nitrogens with one attached hydrogen (secondary N) is 1. The Morgan fingerprint density at radius 3 is 2.73 bits per heavy atom. The molecule has 26 heavy (non-hydrogen) atoms. The maximum absolute atomic E-state index is 9.62. The van der Waals surface area contributed by atoms with E-state index in [1.165, 1.54) is 21.9 Å². The summed E-state index contributed by atoms with van der Waals surface area (Å²) in [7, 11) is 0. The molecule has 2 N–H and O–H groups in total. The molecule has 0 amide bonds. The van der Waals surface area contributed by atoms with E-state index in [4.69, 9.17) is 4.98 Å². The predicted octanol–water partition coefficient (Wildman–Crippen LogP) is 4.72. The zero-order valence-corrected chi connectivity index (χ0v) is 14.2. The van der Waals surface area contributed by atoms with Gasteiger partial charge in [0, 0.05) is 28.0 Å². The van der Waals surface area contributed by atoms with Crippen molar-refractivity contribution in [3.63, 3.8) is 0 Å². The van der Waals surface area contributed by atoms with Crippen molar-refractivity contribution in [2.24, 2.45) is 5.92 Å². The van der Waals surface area contributed by atoms with Gasteiger partial charge in [0.15, 0.2) is 0 Å². The van der Waals surface area contributed by atoms with Crippen LogP contribution in [0.25, 0.3) is 33.1 Å². The number of nitriles is 1. The molecule has 1 unspecified atom stereocenters. The van der Waals surface area contributed by atoms with E-state index in [0.717, 1.165) is 41.6 Å². The van der Waals surface area contributed by atoms with Gasteiger partial charge in [-0.3, -0.25) is 0 Å². The van der Waals surface area contributed by atoms with E-state index in [1.54, 1.807) is 12.1 Å². The third-order valence-electron chi connectivity index (χ3n) is 5.41. The first-order valence-electron chi connectivity index (χ1n) is 8.85. The van der Waals surface area contributed by atoms with Crippen LogP contribution in [0.1, 0.15) is 17.5 Å². The Bertz CT molecular complexity index is 1180. The van der Waals surface area contributed by atoms with Gasteiger partial charge in [0.1, 0.15) is 5.75 Å². The van der Waals surface area contributed by atoms with Gasteiger partial charge in [0.25, 0.3) is 0 Å². The van der Waals surface area contributed by atoms with Gasteiger partial charge >= 0.3 is 0 Å². The minimum absolute atomic E-state index is 0.0306. The molecule has 2 heterocycles. The first-order valence-corrected chi connectivity index (χ1v) is 8.85. The average molecular weight is 339 g/mol. The van der Waals surface area contributed by atoms with E-state index in [1.807, 2.05) is 18.3 Å². The van der Waals surface area contributed by atoms with Crippen LogP contribution in [-0.2, 0) is 12.8 Å². The lowest BCUT2D eigenvalue weighted by Crippen LogP contribution is -2.15. The van der Waals surface area contributed by atoms with Crippen molar-refractivity contribution >= 4 is 21.8 Å². The predicted molar refractivity (Wildman–Crippen MR) is 102 cm³/mol. The standard InChI is InChI=1S/C22H17N3O/c23-12-13-1-6-16-18(11-13)22(14-2-4-15(26)5-3-14)25-20-8-7-19-17(21(16)20)9-10-24-19/h2-5,7-10,13,24,26H,1,6,11H2. The van der Waals surface area contributed by atoms with Crippen molar-refractivity contribution in [1.82, 2.24) is 9.97 Å². The normalized spacial score (nSPS) is 16.5. The second kappa shape index (κ2) is 5.60. The highest BCUT2D eigenvalue weighted by molar-refractivity contribution is 6.08. The van der Waals surface area contributed by atoms with Crippen LogP contribution in [0.4, 0.5) is 0 Å². The molecular formula is C22H17N3O. The van der Waals surface area contributed by atoms with Crippen molar-refractivity contribution in [1.29, 1.82) is 5.26 Å². The maximum atomic E-state index is 9.62. The molecule has 4 heteroatoms. The lowest BCUT2D eigenvalue weighted by Gasteiger charge is -2.24. The number of fused-ring (bicyclic) bond motifs is 5. The van der Waals surface area contributed by atoms with Crippen LogP contribution in [0.5, 0.6) is 5.75 Å². The number of aromatic hydroxyl groups is 1. The summed E-state index contributed by atoms with van der Waals surface area (Å²) in [5.74, 6) is 0.274. The third kappa shape index (κ3) is 2.18. The molecule has 5 rings (SSSR count). The van der Waals surface area contributed by atoms with E-state index < -0.39 is 0 Å². The molecule has 0 aliphatic heterocycles. The van der Waals surface area contributed by atoms with Crippen molar-refractivity contribution in [2.45, 2.75) is 19.3 Å². The lowest BCUT2D eigenvalue weighted by molar-refractivity contribution is 0.475. The Hall–Kier alpha value is -3.32. The SMILES string of the molecule is N#CC1CCc2c(c(-c3ccc(O)cc3)nc3ccc4[nH]ccc4c23)C1. The lowest BCUT2D eigenvalue weighted by atomic mass is 9.80. The Morgan fingerprint density at radius 2 is 1.92 bits per heavy atom. The van der Waals surface area contributed by atoms with Crippen LogP contribution in [0.2, 0.25) is 0 Å². The molecule has 0 bridgehead atoms. The number of phenolic OH excluding ortho intramolecular Hbond substituents is 1. The van der Waals surface area contributed by atoms with Gasteiger partial charge in [0.05, 0.1) is 23.2 Å². The zero-order valence-electron chi connectivity index (χ0n) is 14.2. The summed E-state index contributed by atoms with van der Waals surface area (Å²) < 4.78 is 0. The zero-order chi connectivity index (χ0) is 17.7. The molecule has 2 aromatic carbocycles. The molecule has 1 aliphatic carbocycles. The van der Waals surface area contributed by atoms with E-state index in [0.29, 0.717) is 0 Å². The highest BCUT2D eigenvalue weighted by atomic mass is 16.3. The second-order valence-electron chi connectivity index (χ2n) is 6.93. The van der Waals surface area contributed by atoms with E-state index in [9.17, 15) is 10.4 Å². The topological polar surface area (TPSA) is 72.7 Å². The molecule has 0 fully saturated rings. The summed E-state index contributed by atoms with van der Waals surface area (Å²) in [6.45, 7) is 0. The van der Waals surface area contributed by atoms with E-state index >= 15 is 0 Å². The van der Waals surface area contributed by atoms with Crippen molar-refractivity contribution < 1.29 is 5.11 Å². The largest absolute Gasteiger partial charge is 0.508 e. The van der Waals surface area contributed by atoms with Crippen LogP contribution < -0.4 is 0 Å². The molecule has 0 spiro atoms. The Kier molecular flexibility index (Phi) is 3.23. The van der Waals surface area contributed by atoms with Gasteiger partial charge in [-0.2, -0.15) is 5.26 Å². The number of nitrogens with zero attached hydrogens (tertiary/aromatic N) is 2. The van der Waals surface area contributed by atoms with Crippen LogP contribution in [0.3, 0.4) is 0 Å². The van der Waals surface area contributed by atoms with Gasteiger partial charge in [-0.05, 0) is 72.9 Å². The van der Waals surface area contributed by atoms with Crippen LogP contribution in [-0.4, -0.2) is 15.1 Å². The number of hydrogen-bond donors (Lipinski definition) is 2. The summed E-state index contributed by atoms with van der Waals surface area (Å²) in [6.07, 6.45) is 4.47. The van der Waals surface area contributed by atoms with Gasteiger partial charge in [0.2, 0.25) is 0 Å². The fraction of sp³-hybridized carbons (Fsp3) is 0.182. The van der Waals surface area contributed by atoms with Crippen molar-refractivity contribution in [3.05, 3.63) is 59.8 Å². The van der Waals surface area contributed by atoms with Crippen LogP contribution in [0, 0.1) is 17.2 Å². The Morgan fingerprint density at radius 1 is 1.08 bits per heavy atom. The third-order valence-corrected chi connectivity index (χ3v) is 5.41. The number of aromatic nitrogens is 2. The highest BCUT2D eigenvalue weighted by Gasteiger charge is 2.25. The number of aryl methyl sites for hydroxylation is 1. The summed E-state index contributed by atoms with van der Waals surface area (Å²) in [4.78, 5) is 8.27. The summed E-state index contributed by atoms with van der Waals surface area (Å²) in [6, 6.07) is 15.8. The number of benzene rings is 2. The van der Waals surface area contributed by atoms with Gasteiger partial charge in [-0.25, -0.2) is 4.98 Å². The first-order chi connectivity index (χ1) is 12.7. The minimum Gasteiger partial charge on any atom is -0.508 e. The molecule has 1 atom stereocenters. The molecule has 1 aliphatic rings. The van der Waals surface area contributed by atoms with Crippen molar-refractivity contribution in [3.8, 4) is 23.1 Å². The first kappa shape index (κ1) is 15.0. The van der Waals surface area contributed by atoms with E-state index in [2.05, 4.69) is 29.3 Å². The van der Waals surface area contributed by atoms with Crippen LogP contribution in [0.15, 0.2) is 48.7 Å². The van der Waals surface area contributed by atoms with Crippen LogP contribution >= 0.6 is 0 Å². The molecule has 2 aromatic heterocycles. The fourth-order valence-electron chi connectivity index (χ4n) is 4.14. The Labute approximate surface area is 150 Å². The smallest absolute Gasteiger partial charge is 0.115 e. The number of H-pyrrole nitrogens is 1. The molecule has 0 radical (unpaired) electrons. The van der Waals surface area contributed by atoms with Gasteiger partial charge in [-0.1, -0.05) is 0 Å². The molecule has 0 saturated carbocycles. The molecule has 4 aromatic rings. The van der Waals surface area contributed by atoms with Crippen molar-refractivity contribution in [2.75, 3.05) is 0 Å². The second-order valence-corrected chi connectivity index (χ2v) is 6.93.